The molecule has 0 aliphatic carbocycles. The Morgan fingerprint density at radius 2 is 1.87 bits per heavy atom. The second-order valence-corrected chi connectivity index (χ2v) is 7.14. The lowest BCUT2D eigenvalue weighted by molar-refractivity contribution is 0.0522. The van der Waals surface area contributed by atoms with Gasteiger partial charge in [-0.15, -0.1) is 0 Å². The van der Waals surface area contributed by atoms with E-state index in [4.69, 9.17) is 4.74 Å². The van der Waals surface area contributed by atoms with Crippen LogP contribution in [0.4, 0.5) is 0 Å². The summed E-state index contributed by atoms with van der Waals surface area (Å²) in [5, 5.41) is 0. The Labute approximate surface area is 140 Å². The third-order valence-corrected chi connectivity index (χ3v) is 5.90. The van der Waals surface area contributed by atoms with Crippen molar-refractivity contribution in [2.24, 2.45) is 0 Å². The van der Waals surface area contributed by atoms with Crippen molar-refractivity contribution < 1.29 is 18.5 Å². The molecule has 0 fully saturated rings. The van der Waals surface area contributed by atoms with Crippen molar-refractivity contribution in [2.75, 3.05) is 6.61 Å². The first-order valence-corrected chi connectivity index (χ1v) is 8.81. The molecule has 1 heterocycles. The Hall–Kier alpha value is -2.12. The maximum atomic E-state index is 12.5. The summed E-state index contributed by atoms with van der Waals surface area (Å²) in [6.45, 7) is 1.99. The largest absolute Gasteiger partial charge is 0.462 e. The molecule has 0 spiro atoms. The average Bonchev–Trinajstić information content (AvgIpc) is 2.81. The van der Waals surface area contributed by atoms with Gasteiger partial charge in [-0.05, 0) is 31.2 Å². The number of carbonyl (C=O) groups is 2. The predicted octanol–water partition coefficient (Wildman–Crippen LogP) is 3.05. The molecule has 5 nitrogen and oxygen atoms in total. The van der Waals surface area contributed by atoms with Crippen molar-refractivity contribution >= 4 is 34.8 Å². The lowest BCUT2D eigenvalue weighted by atomic mass is 10.2. The highest BCUT2D eigenvalue weighted by Gasteiger charge is 2.36. The molecule has 1 atom stereocenters. The molecule has 7 heteroatoms. The Bertz CT molecular complexity index is 771. The van der Waals surface area contributed by atoms with Crippen molar-refractivity contribution in [3.8, 4) is 0 Å². The number of rotatable bonds is 4. The van der Waals surface area contributed by atoms with Crippen LogP contribution in [-0.2, 0) is 15.7 Å². The number of esters is 1. The summed E-state index contributed by atoms with van der Waals surface area (Å²) in [6, 6.07) is 13.6. The number of ether oxygens (including phenoxy) is 1. The number of amides is 1. The summed E-state index contributed by atoms with van der Waals surface area (Å²) in [7, 11) is -1.60. The second kappa shape index (κ2) is 6.55. The fourth-order valence-electron chi connectivity index (χ4n) is 2.15. The average molecular weight is 347 g/mol. The molecule has 1 amide bonds. The van der Waals surface area contributed by atoms with Crippen molar-refractivity contribution in [3.05, 3.63) is 59.7 Å². The first-order valence-electron chi connectivity index (χ1n) is 6.93. The van der Waals surface area contributed by atoms with Crippen LogP contribution in [-0.4, -0.2) is 26.4 Å². The van der Waals surface area contributed by atoms with Crippen LogP contribution in [0.15, 0.2) is 58.3 Å². The van der Waals surface area contributed by atoms with E-state index in [0.717, 1.165) is 11.9 Å². The highest BCUT2D eigenvalue weighted by Crippen LogP contribution is 2.37. The van der Waals surface area contributed by atoms with Gasteiger partial charge in [0, 0.05) is 16.8 Å². The van der Waals surface area contributed by atoms with Gasteiger partial charge in [-0.2, -0.15) is 3.71 Å². The van der Waals surface area contributed by atoms with E-state index < -0.39 is 17.0 Å². The van der Waals surface area contributed by atoms with Crippen LogP contribution in [0.25, 0.3) is 0 Å². The minimum Gasteiger partial charge on any atom is -0.462 e. The van der Waals surface area contributed by atoms with E-state index in [-0.39, 0.29) is 12.5 Å². The van der Waals surface area contributed by atoms with E-state index in [1.54, 1.807) is 55.5 Å². The van der Waals surface area contributed by atoms with Gasteiger partial charge in [0.2, 0.25) is 0 Å². The zero-order valence-corrected chi connectivity index (χ0v) is 13.9. The van der Waals surface area contributed by atoms with Gasteiger partial charge >= 0.3 is 5.97 Å². The van der Waals surface area contributed by atoms with Crippen molar-refractivity contribution in [3.63, 3.8) is 0 Å². The highest BCUT2D eigenvalue weighted by atomic mass is 32.2. The molecule has 3 rings (SSSR count). The minimum atomic E-state index is -1.60. The van der Waals surface area contributed by atoms with Gasteiger partial charge in [0.05, 0.1) is 22.6 Å². The summed E-state index contributed by atoms with van der Waals surface area (Å²) in [5.74, 6) is -0.798. The maximum Gasteiger partial charge on any atom is 0.339 e. The summed E-state index contributed by atoms with van der Waals surface area (Å²) in [4.78, 5) is 25.4. The van der Waals surface area contributed by atoms with Crippen LogP contribution < -0.4 is 0 Å². The molecule has 0 saturated carbocycles. The molecule has 1 unspecified atom stereocenters. The number of carbonyl (C=O) groups excluding carboxylic acids is 2. The molecular weight excluding hydrogens is 334 g/mol. The number of hydrogen-bond acceptors (Lipinski definition) is 5. The Balaban J connectivity index is 1.91. The zero-order chi connectivity index (χ0) is 16.4. The Morgan fingerprint density at radius 3 is 2.61 bits per heavy atom. The third kappa shape index (κ3) is 2.89. The minimum absolute atomic E-state index is 0.262. The quantitative estimate of drug-likeness (QED) is 0.628. The lowest BCUT2D eigenvalue weighted by Gasteiger charge is -2.14. The highest BCUT2D eigenvalue weighted by molar-refractivity contribution is 8.07. The van der Waals surface area contributed by atoms with E-state index in [0.29, 0.717) is 20.9 Å². The molecule has 118 valence electrons. The van der Waals surface area contributed by atoms with E-state index in [1.807, 2.05) is 0 Å². The summed E-state index contributed by atoms with van der Waals surface area (Å²) in [5.41, 5.74) is 0.770. The topological polar surface area (TPSA) is 63.7 Å². The first-order chi connectivity index (χ1) is 11.1. The molecule has 2 aromatic rings. The van der Waals surface area contributed by atoms with Gasteiger partial charge in [-0.1, -0.05) is 24.3 Å². The van der Waals surface area contributed by atoms with E-state index in [1.165, 1.54) is 3.71 Å². The number of fused-ring (bicyclic) bond motifs is 1. The molecule has 0 radical (unpaired) electrons. The standard InChI is InChI=1S/C16H13NO4S2/c1-2-21-16(19)11-7-3-5-9-13(11)22-17-15(18)12-8-4-6-10-14(12)23(17)20/h3-10H,2H2,1H3. The zero-order valence-electron chi connectivity index (χ0n) is 12.2. The molecule has 0 N–H and O–H groups in total. The number of hydrogen-bond donors (Lipinski definition) is 0. The van der Waals surface area contributed by atoms with Crippen LogP contribution in [0.2, 0.25) is 0 Å². The van der Waals surface area contributed by atoms with Gasteiger partial charge in [-0.3, -0.25) is 4.79 Å². The van der Waals surface area contributed by atoms with Crippen LogP contribution in [0.3, 0.4) is 0 Å². The second-order valence-electron chi connectivity index (χ2n) is 4.62. The molecule has 1 aliphatic rings. The summed E-state index contributed by atoms with van der Waals surface area (Å²) >= 11 is 0.988. The molecule has 0 aromatic heterocycles. The lowest BCUT2D eigenvalue weighted by Crippen LogP contribution is -2.19. The monoisotopic (exact) mass is 347 g/mol. The molecule has 23 heavy (non-hydrogen) atoms. The SMILES string of the molecule is CCOC(=O)c1ccccc1SN1C(=O)c2ccccc2S1=O. The number of benzene rings is 2. The van der Waals surface area contributed by atoms with Crippen molar-refractivity contribution in [2.45, 2.75) is 16.7 Å². The van der Waals surface area contributed by atoms with Gasteiger partial charge in [-0.25, -0.2) is 9.00 Å². The van der Waals surface area contributed by atoms with Crippen LogP contribution in [0.1, 0.15) is 27.6 Å². The molecular formula is C16H13NO4S2. The van der Waals surface area contributed by atoms with E-state index in [9.17, 15) is 13.8 Å². The van der Waals surface area contributed by atoms with Gasteiger partial charge in [0.1, 0.15) is 0 Å². The molecule has 1 aliphatic heterocycles. The predicted molar refractivity (Wildman–Crippen MR) is 87.3 cm³/mol. The molecule has 0 saturated heterocycles. The third-order valence-electron chi connectivity index (χ3n) is 3.19. The fraction of sp³-hybridized carbons (Fsp3) is 0.125. The van der Waals surface area contributed by atoms with Gasteiger partial charge in [0.15, 0.2) is 11.0 Å². The van der Waals surface area contributed by atoms with Crippen LogP contribution >= 0.6 is 11.9 Å². The first kappa shape index (κ1) is 15.8. The smallest absolute Gasteiger partial charge is 0.339 e. The van der Waals surface area contributed by atoms with E-state index in [2.05, 4.69) is 0 Å². The summed E-state index contributed by atoms with van der Waals surface area (Å²) in [6.07, 6.45) is 0. The van der Waals surface area contributed by atoms with Crippen LogP contribution in [0, 0.1) is 0 Å². The fourth-order valence-corrected chi connectivity index (χ4v) is 4.61. The van der Waals surface area contributed by atoms with Gasteiger partial charge < -0.3 is 4.74 Å². The van der Waals surface area contributed by atoms with Crippen molar-refractivity contribution in [1.29, 1.82) is 0 Å². The van der Waals surface area contributed by atoms with E-state index >= 15 is 0 Å². The number of nitrogens with zero attached hydrogens (tertiary/aromatic N) is 1. The molecule has 2 aromatic carbocycles. The normalized spacial score (nSPS) is 16.3. The van der Waals surface area contributed by atoms with Crippen molar-refractivity contribution in [1.82, 2.24) is 3.71 Å². The summed E-state index contributed by atoms with van der Waals surface area (Å²) < 4.78 is 18.7. The maximum absolute atomic E-state index is 12.5. The Kier molecular flexibility index (Phi) is 4.49. The Morgan fingerprint density at radius 1 is 1.17 bits per heavy atom. The van der Waals surface area contributed by atoms with Gasteiger partial charge in [0.25, 0.3) is 5.91 Å². The van der Waals surface area contributed by atoms with Crippen LogP contribution in [0.5, 0.6) is 0 Å². The molecule has 0 bridgehead atoms.